The van der Waals surface area contributed by atoms with Crippen molar-refractivity contribution < 1.29 is 4.79 Å². The Balaban J connectivity index is 2.00. The van der Waals surface area contributed by atoms with Gasteiger partial charge in [0.05, 0.1) is 22.3 Å². The molecule has 120 valence electrons. The summed E-state index contributed by atoms with van der Waals surface area (Å²) in [5.41, 5.74) is 2.90. The lowest BCUT2D eigenvalue weighted by Crippen LogP contribution is -2.12. The summed E-state index contributed by atoms with van der Waals surface area (Å²) < 4.78 is 1.73. The highest BCUT2D eigenvalue weighted by Gasteiger charge is 2.26. The largest absolute Gasteiger partial charge is 0.367 e. The van der Waals surface area contributed by atoms with E-state index < -0.39 is 0 Å². The molecule has 0 atom stereocenters. The van der Waals surface area contributed by atoms with Crippen molar-refractivity contribution in [1.82, 2.24) is 14.6 Å². The Morgan fingerprint density at radius 1 is 1.50 bits per heavy atom. The van der Waals surface area contributed by atoms with Gasteiger partial charge in [0.15, 0.2) is 11.9 Å². The fourth-order valence-corrected chi connectivity index (χ4v) is 3.58. The van der Waals surface area contributed by atoms with E-state index in [1.54, 1.807) is 16.8 Å². The normalized spacial score (nSPS) is 13.8. The molecule has 0 aliphatic heterocycles. The highest BCUT2D eigenvalue weighted by molar-refractivity contribution is 7.16. The van der Waals surface area contributed by atoms with Gasteiger partial charge in [0.2, 0.25) is 0 Å². The van der Waals surface area contributed by atoms with Crippen LogP contribution in [0.25, 0.3) is 16.2 Å². The summed E-state index contributed by atoms with van der Waals surface area (Å²) >= 11 is 1.41. The highest BCUT2D eigenvalue weighted by Crippen LogP contribution is 2.36. The zero-order valence-corrected chi connectivity index (χ0v) is 13.9. The molecule has 0 aromatic carbocycles. The lowest BCUT2D eigenvalue weighted by Gasteiger charge is -2.15. The van der Waals surface area contributed by atoms with E-state index in [1.165, 1.54) is 11.3 Å². The predicted molar refractivity (Wildman–Crippen MR) is 92.4 cm³/mol. The molecule has 0 spiro atoms. The second-order valence-corrected chi connectivity index (χ2v) is 6.87. The smallest absolute Gasteiger partial charge is 0.168 e. The van der Waals surface area contributed by atoms with Gasteiger partial charge >= 0.3 is 0 Å². The topological polar surface area (TPSA) is 83.1 Å². The summed E-state index contributed by atoms with van der Waals surface area (Å²) in [6.07, 6.45) is 5.39. The van der Waals surface area contributed by atoms with Crippen LogP contribution in [0.5, 0.6) is 0 Å². The number of thiophene rings is 1. The van der Waals surface area contributed by atoms with Crippen LogP contribution in [0.15, 0.2) is 18.3 Å². The van der Waals surface area contributed by atoms with Gasteiger partial charge in [0.1, 0.15) is 16.8 Å². The van der Waals surface area contributed by atoms with Crippen LogP contribution in [0.2, 0.25) is 0 Å². The van der Waals surface area contributed by atoms with Crippen molar-refractivity contribution in [2.75, 3.05) is 5.32 Å². The Bertz CT molecular complexity index is 977. The van der Waals surface area contributed by atoms with Gasteiger partial charge in [-0.05, 0) is 31.4 Å². The summed E-state index contributed by atoms with van der Waals surface area (Å²) in [5.74, 6) is 0.903. The van der Waals surface area contributed by atoms with Crippen LogP contribution >= 0.6 is 11.3 Å². The number of fused-ring (bicyclic) bond motifs is 1. The third kappa shape index (κ3) is 2.36. The van der Waals surface area contributed by atoms with Crippen LogP contribution in [0.3, 0.4) is 0 Å². The molecule has 0 unspecified atom stereocenters. The first kappa shape index (κ1) is 14.8. The van der Waals surface area contributed by atoms with E-state index in [1.807, 2.05) is 6.07 Å². The molecule has 0 saturated heterocycles. The second kappa shape index (κ2) is 5.73. The van der Waals surface area contributed by atoms with Crippen molar-refractivity contribution in [3.63, 3.8) is 0 Å². The summed E-state index contributed by atoms with van der Waals surface area (Å²) in [4.78, 5) is 17.6. The van der Waals surface area contributed by atoms with Crippen molar-refractivity contribution in [3.05, 3.63) is 34.3 Å². The number of aromatic nitrogens is 3. The van der Waals surface area contributed by atoms with Crippen molar-refractivity contribution in [2.24, 2.45) is 0 Å². The summed E-state index contributed by atoms with van der Waals surface area (Å²) in [6.45, 7) is 2.08. The average Bonchev–Trinajstić information content (AvgIpc) is 3.13. The Morgan fingerprint density at radius 2 is 2.33 bits per heavy atom. The first-order valence-electron chi connectivity index (χ1n) is 7.87. The molecule has 3 aromatic heterocycles. The van der Waals surface area contributed by atoms with Gasteiger partial charge in [0.25, 0.3) is 0 Å². The van der Waals surface area contributed by atoms with Gasteiger partial charge in [0, 0.05) is 11.6 Å². The highest BCUT2D eigenvalue weighted by atomic mass is 32.1. The maximum absolute atomic E-state index is 11.3. The SMILES string of the molecule is CCc1c(-c2ccc(C#N)s2)nc2c(C=O)cnn2c1NC1CC1. The molecule has 1 aliphatic carbocycles. The van der Waals surface area contributed by atoms with Gasteiger partial charge < -0.3 is 5.32 Å². The number of nitriles is 1. The van der Waals surface area contributed by atoms with Gasteiger partial charge in [-0.25, -0.2) is 4.98 Å². The number of carbonyl (C=O) groups is 1. The average molecular weight is 337 g/mol. The van der Waals surface area contributed by atoms with Crippen LogP contribution in [-0.4, -0.2) is 26.9 Å². The fraction of sp³-hybridized carbons (Fsp3) is 0.294. The maximum atomic E-state index is 11.3. The Hall–Kier alpha value is -2.72. The van der Waals surface area contributed by atoms with Gasteiger partial charge in [-0.3, -0.25) is 4.79 Å². The summed E-state index contributed by atoms with van der Waals surface area (Å²) in [5, 5.41) is 17.0. The second-order valence-electron chi connectivity index (χ2n) is 5.79. The van der Waals surface area contributed by atoms with Crippen LogP contribution in [0.4, 0.5) is 5.82 Å². The first-order chi connectivity index (χ1) is 11.7. The van der Waals surface area contributed by atoms with Crippen molar-refractivity contribution in [3.8, 4) is 16.6 Å². The molecular weight excluding hydrogens is 322 g/mol. The predicted octanol–water partition coefficient (Wildman–Crippen LogP) is 3.28. The van der Waals surface area contributed by atoms with E-state index in [4.69, 9.17) is 10.2 Å². The van der Waals surface area contributed by atoms with Crippen LogP contribution in [0, 0.1) is 11.3 Å². The Labute approximate surface area is 142 Å². The lowest BCUT2D eigenvalue weighted by molar-refractivity contribution is 0.112. The number of aldehydes is 1. The molecule has 3 heterocycles. The van der Waals surface area contributed by atoms with E-state index in [0.29, 0.717) is 22.1 Å². The first-order valence-corrected chi connectivity index (χ1v) is 8.69. The van der Waals surface area contributed by atoms with Gasteiger partial charge in [-0.15, -0.1) is 11.3 Å². The maximum Gasteiger partial charge on any atom is 0.168 e. The third-order valence-electron chi connectivity index (χ3n) is 4.12. The minimum absolute atomic E-state index is 0.454. The molecule has 1 saturated carbocycles. The molecule has 0 bridgehead atoms. The van der Waals surface area contributed by atoms with Gasteiger partial charge in [-0.2, -0.15) is 14.9 Å². The minimum Gasteiger partial charge on any atom is -0.367 e. The summed E-state index contributed by atoms with van der Waals surface area (Å²) in [7, 11) is 0. The van der Waals surface area contributed by atoms with E-state index >= 15 is 0 Å². The van der Waals surface area contributed by atoms with E-state index in [-0.39, 0.29) is 0 Å². The molecular formula is C17H15N5OS. The quantitative estimate of drug-likeness (QED) is 0.722. The molecule has 24 heavy (non-hydrogen) atoms. The molecule has 1 fully saturated rings. The molecule has 6 nitrogen and oxygen atoms in total. The monoisotopic (exact) mass is 337 g/mol. The molecule has 7 heteroatoms. The molecule has 4 rings (SSSR count). The third-order valence-corrected chi connectivity index (χ3v) is 5.12. The number of carbonyl (C=O) groups excluding carboxylic acids is 1. The zero-order chi connectivity index (χ0) is 16.7. The molecule has 0 amide bonds. The Kier molecular flexibility index (Phi) is 3.54. The number of anilines is 1. The fourth-order valence-electron chi connectivity index (χ4n) is 2.76. The standard InChI is InChI=1S/C17H15N5OS/c1-2-13-15(14-6-5-12(7-18)24-14)21-16-10(9-23)8-19-22(16)17(13)20-11-3-4-11/h5-6,8-9,11,20H,2-4H2,1H3. The zero-order valence-electron chi connectivity index (χ0n) is 13.1. The number of hydrogen-bond donors (Lipinski definition) is 1. The van der Waals surface area contributed by atoms with Crippen LogP contribution in [-0.2, 0) is 6.42 Å². The number of nitrogens with zero attached hydrogens (tertiary/aromatic N) is 4. The van der Waals surface area contributed by atoms with Gasteiger partial charge in [-0.1, -0.05) is 6.92 Å². The lowest BCUT2D eigenvalue weighted by atomic mass is 10.1. The number of nitrogens with one attached hydrogen (secondary N) is 1. The minimum atomic E-state index is 0.454. The van der Waals surface area contributed by atoms with E-state index in [2.05, 4.69) is 23.4 Å². The van der Waals surface area contributed by atoms with E-state index in [9.17, 15) is 4.79 Å². The Morgan fingerprint density at radius 3 is 2.96 bits per heavy atom. The molecule has 1 aliphatic rings. The van der Waals surface area contributed by atoms with E-state index in [0.717, 1.165) is 47.5 Å². The van der Waals surface area contributed by atoms with Crippen molar-refractivity contribution in [1.29, 1.82) is 5.26 Å². The molecule has 1 N–H and O–H groups in total. The van der Waals surface area contributed by atoms with Crippen molar-refractivity contribution in [2.45, 2.75) is 32.2 Å². The van der Waals surface area contributed by atoms with Crippen molar-refractivity contribution >= 4 is 29.1 Å². The van der Waals surface area contributed by atoms with Crippen LogP contribution < -0.4 is 5.32 Å². The summed E-state index contributed by atoms with van der Waals surface area (Å²) in [6, 6.07) is 6.34. The molecule has 0 radical (unpaired) electrons. The van der Waals surface area contributed by atoms with Crippen LogP contribution in [0.1, 0.15) is 40.6 Å². The molecule has 3 aromatic rings. The number of rotatable bonds is 5. The number of hydrogen-bond acceptors (Lipinski definition) is 6.